The molecule has 2 aromatic rings. The van der Waals surface area contributed by atoms with Crippen molar-refractivity contribution in [2.75, 3.05) is 6.54 Å². The lowest BCUT2D eigenvalue weighted by Crippen LogP contribution is -2.32. The van der Waals surface area contributed by atoms with Gasteiger partial charge in [0.2, 0.25) is 0 Å². The fourth-order valence-corrected chi connectivity index (χ4v) is 2.54. The van der Waals surface area contributed by atoms with Gasteiger partial charge in [0.15, 0.2) is 0 Å². The molecule has 1 aliphatic heterocycles. The third-order valence-corrected chi connectivity index (χ3v) is 3.52. The van der Waals surface area contributed by atoms with E-state index in [4.69, 9.17) is 0 Å². The molecule has 5 heteroatoms. The van der Waals surface area contributed by atoms with E-state index in [1.807, 2.05) is 30.5 Å². The second kappa shape index (κ2) is 4.42. The number of carbonyl (C=O) groups is 2. The van der Waals surface area contributed by atoms with Gasteiger partial charge in [0, 0.05) is 30.1 Å². The largest absolute Gasteiger partial charge is 0.361 e. The van der Waals surface area contributed by atoms with Gasteiger partial charge in [-0.15, -0.1) is 0 Å². The maximum Gasteiger partial charge on any atom is 0.324 e. The Hall–Kier alpha value is -2.30. The average Bonchev–Trinajstić information content (AvgIpc) is 2.93. The van der Waals surface area contributed by atoms with Crippen LogP contribution in [0.3, 0.4) is 0 Å². The molecule has 3 rings (SSSR count). The van der Waals surface area contributed by atoms with Crippen LogP contribution in [0.1, 0.15) is 12.5 Å². The smallest absolute Gasteiger partial charge is 0.324 e. The fourth-order valence-electron chi connectivity index (χ4n) is 2.54. The van der Waals surface area contributed by atoms with Gasteiger partial charge < -0.3 is 10.3 Å². The molecular weight excluding hydrogens is 242 g/mol. The molecule has 1 aromatic heterocycles. The maximum absolute atomic E-state index is 12.0. The molecule has 2 heterocycles. The van der Waals surface area contributed by atoms with E-state index in [1.54, 1.807) is 6.92 Å². The molecule has 0 aliphatic carbocycles. The molecule has 19 heavy (non-hydrogen) atoms. The molecule has 1 saturated heterocycles. The normalized spacial score (nSPS) is 19.2. The van der Waals surface area contributed by atoms with Gasteiger partial charge in [0.05, 0.1) is 0 Å². The van der Waals surface area contributed by atoms with Crippen LogP contribution in [-0.2, 0) is 11.2 Å². The van der Waals surface area contributed by atoms with Gasteiger partial charge >= 0.3 is 6.03 Å². The van der Waals surface area contributed by atoms with E-state index in [2.05, 4.69) is 10.3 Å². The van der Waals surface area contributed by atoms with Crippen LogP contribution in [0.4, 0.5) is 4.79 Å². The Labute approximate surface area is 110 Å². The first-order valence-electron chi connectivity index (χ1n) is 6.37. The summed E-state index contributed by atoms with van der Waals surface area (Å²) in [7, 11) is 0. The summed E-state index contributed by atoms with van der Waals surface area (Å²) >= 11 is 0. The number of carbonyl (C=O) groups excluding carboxylic acids is 2. The molecule has 1 aromatic carbocycles. The molecule has 0 radical (unpaired) electrons. The van der Waals surface area contributed by atoms with E-state index in [-0.39, 0.29) is 11.9 Å². The van der Waals surface area contributed by atoms with Crippen LogP contribution in [0.5, 0.6) is 0 Å². The van der Waals surface area contributed by atoms with Gasteiger partial charge in [-0.1, -0.05) is 18.2 Å². The molecular formula is C14H15N3O2. The average molecular weight is 257 g/mol. The van der Waals surface area contributed by atoms with E-state index in [0.717, 1.165) is 16.5 Å². The topological polar surface area (TPSA) is 65.2 Å². The third-order valence-electron chi connectivity index (χ3n) is 3.52. The van der Waals surface area contributed by atoms with Crippen molar-refractivity contribution in [2.24, 2.45) is 0 Å². The Morgan fingerprint density at radius 2 is 2.05 bits per heavy atom. The molecule has 0 spiro atoms. The number of H-pyrrole nitrogens is 1. The summed E-state index contributed by atoms with van der Waals surface area (Å²) < 4.78 is 0. The first-order valence-corrected chi connectivity index (χ1v) is 6.37. The number of aromatic nitrogens is 1. The Kier molecular flexibility index (Phi) is 2.74. The number of rotatable bonds is 3. The molecule has 1 fully saturated rings. The van der Waals surface area contributed by atoms with E-state index < -0.39 is 6.04 Å². The lowest BCUT2D eigenvalue weighted by molar-refractivity contribution is -0.127. The fraction of sp³-hybridized carbons (Fsp3) is 0.286. The predicted octanol–water partition coefficient (Wildman–Crippen LogP) is 1.65. The highest BCUT2D eigenvalue weighted by atomic mass is 16.2. The first-order chi connectivity index (χ1) is 9.20. The van der Waals surface area contributed by atoms with Gasteiger partial charge in [-0.2, -0.15) is 0 Å². The van der Waals surface area contributed by atoms with Crippen LogP contribution in [-0.4, -0.2) is 34.4 Å². The number of hydrogen-bond acceptors (Lipinski definition) is 2. The summed E-state index contributed by atoms with van der Waals surface area (Å²) in [4.78, 5) is 28.1. The van der Waals surface area contributed by atoms with Crippen molar-refractivity contribution in [2.45, 2.75) is 19.4 Å². The number of nitrogens with one attached hydrogen (secondary N) is 2. The Morgan fingerprint density at radius 1 is 1.26 bits per heavy atom. The first kappa shape index (κ1) is 11.8. The lowest BCUT2D eigenvalue weighted by Gasteiger charge is -2.09. The minimum absolute atomic E-state index is 0.141. The molecule has 0 unspecified atom stereocenters. The summed E-state index contributed by atoms with van der Waals surface area (Å²) in [5.74, 6) is -0.141. The standard InChI is InChI=1S/C14H15N3O2/c1-2-17-13(18)12(16-14(17)19)7-9-8-15-11-6-4-3-5-10(9)11/h3-6,8,12,15H,2,7H2,1H3,(H,16,19)/t12-/m0/s1. The van der Waals surface area contributed by atoms with Crippen LogP contribution >= 0.6 is 0 Å². The van der Waals surface area contributed by atoms with Crippen molar-refractivity contribution in [1.82, 2.24) is 15.2 Å². The molecule has 1 aliphatic rings. The zero-order valence-electron chi connectivity index (χ0n) is 10.6. The van der Waals surface area contributed by atoms with E-state index in [0.29, 0.717) is 13.0 Å². The Balaban J connectivity index is 1.86. The van der Waals surface area contributed by atoms with Gasteiger partial charge in [0.1, 0.15) is 6.04 Å². The third kappa shape index (κ3) is 1.87. The second-order valence-electron chi connectivity index (χ2n) is 4.65. The van der Waals surface area contributed by atoms with Crippen molar-refractivity contribution in [3.63, 3.8) is 0 Å². The molecule has 2 N–H and O–H groups in total. The Bertz CT molecular complexity index is 647. The number of imide groups is 1. The molecule has 5 nitrogen and oxygen atoms in total. The minimum Gasteiger partial charge on any atom is -0.361 e. The number of hydrogen-bond donors (Lipinski definition) is 2. The van der Waals surface area contributed by atoms with Crippen molar-refractivity contribution >= 4 is 22.8 Å². The van der Waals surface area contributed by atoms with Crippen LogP contribution in [0, 0.1) is 0 Å². The van der Waals surface area contributed by atoms with E-state index in [1.165, 1.54) is 4.90 Å². The number of urea groups is 1. The number of aromatic amines is 1. The second-order valence-corrected chi connectivity index (χ2v) is 4.65. The number of benzene rings is 1. The molecule has 0 bridgehead atoms. The lowest BCUT2D eigenvalue weighted by atomic mass is 10.1. The molecule has 98 valence electrons. The van der Waals surface area contributed by atoms with Crippen LogP contribution in [0.25, 0.3) is 10.9 Å². The van der Waals surface area contributed by atoms with Crippen LogP contribution in [0.2, 0.25) is 0 Å². The highest BCUT2D eigenvalue weighted by molar-refractivity contribution is 6.04. The highest BCUT2D eigenvalue weighted by Crippen LogP contribution is 2.20. The predicted molar refractivity (Wildman–Crippen MR) is 71.7 cm³/mol. The van der Waals surface area contributed by atoms with E-state index in [9.17, 15) is 9.59 Å². The monoisotopic (exact) mass is 257 g/mol. The van der Waals surface area contributed by atoms with Crippen molar-refractivity contribution < 1.29 is 9.59 Å². The molecule has 3 amide bonds. The molecule has 1 atom stereocenters. The summed E-state index contributed by atoms with van der Waals surface area (Å²) in [6.07, 6.45) is 2.42. The van der Waals surface area contributed by atoms with Gasteiger partial charge in [-0.3, -0.25) is 9.69 Å². The number of fused-ring (bicyclic) bond motifs is 1. The van der Waals surface area contributed by atoms with Gasteiger partial charge in [0.25, 0.3) is 5.91 Å². The van der Waals surface area contributed by atoms with Crippen LogP contribution in [0.15, 0.2) is 30.5 Å². The molecule has 0 saturated carbocycles. The number of likely N-dealkylation sites (N-methyl/N-ethyl adjacent to an activating group) is 1. The summed E-state index contributed by atoms with van der Waals surface area (Å²) in [5.41, 5.74) is 2.09. The van der Waals surface area contributed by atoms with Crippen LogP contribution < -0.4 is 5.32 Å². The number of amides is 3. The SMILES string of the molecule is CCN1C(=O)N[C@@H](Cc2c[nH]c3ccccc23)C1=O. The number of para-hydroxylation sites is 1. The summed E-state index contributed by atoms with van der Waals surface area (Å²) in [6, 6.07) is 7.19. The minimum atomic E-state index is -0.452. The zero-order chi connectivity index (χ0) is 13.4. The van der Waals surface area contributed by atoms with Crippen molar-refractivity contribution in [3.8, 4) is 0 Å². The van der Waals surface area contributed by atoms with Gasteiger partial charge in [-0.05, 0) is 18.6 Å². The summed E-state index contributed by atoms with van der Waals surface area (Å²) in [6.45, 7) is 2.21. The van der Waals surface area contributed by atoms with Gasteiger partial charge in [-0.25, -0.2) is 4.79 Å². The Morgan fingerprint density at radius 3 is 2.79 bits per heavy atom. The van der Waals surface area contributed by atoms with Crippen molar-refractivity contribution in [3.05, 3.63) is 36.0 Å². The highest BCUT2D eigenvalue weighted by Gasteiger charge is 2.36. The number of nitrogens with zero attached hydrogens (tertiary/aromatic N) is 1. The summed E-state index contributed by atoms with van der Waals surface area (Å²) in [5, 5.41) is 3.83. The van der Waals surface area contributed by atoms with E-state index >= 15 is 0 Å². The van der Waals surface area contributed by atoms with Crippen molar-refractivity contribution in [1.29, 1.82) is 0 Å². The zero-order valence-corrected chi connectivity index (χ0v) is 10.6. The quantitative estimate of drug-likeness (QED) is 0.821. The maximum atomic E-state index is 12.0.